The quantitative estimate of drug-likeness (QED) is 0.675. The van der Waals surface area contributed by atoms with E-state index < -0.39 is 0 Å². The number of aliphatic imine (C=N–C) groups is 1. The molecular formula is C10H17N3O. The summed E-state index contributed by atoms with van der Waals surface area (Å²) in [6, 6.07) is 0.420. The molecule has 0 aromatic carbocycles. The number of nitrogens with zero attached hydrogens (tertiary/aromatic N) is 2. The number of hydrogen-bond donors (Lipinski definition) is 1. The van der Waals surface area contributed by atoms with Crippen LogP contribution in [0.1, 0.15) is 32.1 Å². The topological polar surface area (TPSA) is 44.7 Å². The maximum atomic E-state index is 11.6. The molecule has 14 heavy (non-hydrogen) atoms. The predicted octanol–water partition coefficient (Wildman–Crippen LogP) is 1.37. The number of amides is 2. The van der Waals surface area contributed by atoms with Crippen molar-refractivity contribution in [3.63, 3.8) is 0 Å². The van der Waals surface area contributed by atoms with E-state index in [2.05, 4.69) is 10.3 Å². The Morgan fingerprint density at radius 1 is 1.36 bits per heavy atom. The second-order valence-corrected chi connectivity index (χ2v) is 4.00. The third kappa shape index (κ3) is 2.25. The van der Waals surface area contributed by atoms with Crippen LogP contribution >= 0.6 is 0 Å². The van der Waals surface area contributed by atoms with Crippen LogP contribution in [0.3, 0.4) is 0 Å². The molecule has 1 aliphatic carbocycles. The second kappa shape index (κ2) is 4.44. The lowest BCUT2D eigenvalue weighted by Gasteiger charge is -2.24. The lowest BCUT2D eigenvalue weighted by atomic mass is 9.96. The summed E-state index contributed by atoms with van der Waals surface area (Å²) in [6.45, 7) is 1.48. The molecule has 0 atom stereocenters. The molecule has 2 aliphatic rings. The number of nitrogens with one attached hydrogen (secondary N) is 1. The van der Waals surface area contributed by atoms with Gasteiger partial charge in [-0.3, -0.25) is 9.89 Å². The number of hydrogen-bond acceptors (Lipinski definition) is 2. The molecule has 2 amide bonds. The molecule has 1 heterocycles. The van der Waals surface area contributed by atoms with E-state index in [0.717, 1.165) is 25.9 Å². The summed E-state index contributed by atoms with van der Waals surface area (Å²) in [6.07, 6.45) is 7.72. The van der Waals surface area contributed by atoms with Crippen LogP contribution in [0.25, 0.3) is 0 Å². The zero-order chi connectivity index (χ0) is 9.80. The van der Waals surface area contributed by atoms with Gasteiger partial charge in [0.25, 0.3) is 0 Å². The average molecular weight is 195 g/mol. The lowest BCUT2D eigenvalue weighted by Crippen LogP contribution is -2.44. The van der Waals surface area contributed by atoms with E-state index in [1.165, 1.54) is 19.3 Å². The molecule has 0 aromatic rings. The third-order valence-corrected chi connectivity index (χ3v) is 2.88. The van der Waals surface area contributed by atoms with E-state index in [9.17, 15) is 4.79 Å². The van der Waals surface area contributed by atoms with Gasteiger partial charge in [-0.1, -0.05) is 19.3 Å². The molecule has 1 fully saturated rings. The Balaban J connectivity index is 1.78. The first-order valence-electron chi connectivity index (χ1n) is 5.43. The molecule has 0 bridgehead atoms. The zero-order valence-electron chi connectivity index (χ0n) is 8.41. The highest BCUT2D eigenvalue weighted by atomic mass is 16.2. The molecule has 1 aliphatic heterocycles. The van der Waals surface area contributed by atoms with Gasteiger partial charge in [-0.15, -0.1) is 0 Å². The van der Waals surface area contributed by atoms with Gasteiger partial charge >= 0.3 is 6.03 Å². The van der Waals surface area contributed by atoms with Gasteiger partial charge in [-0.25, -0.2) is 4.79 Å². The number of urea groups is 1. The Kier molecular flexibility index (Phi) is 3.01. The Hall–Kier alpha value is -1.06. The van der Waals surface area contributed by atoms with Crippen LogP contribution in [0.2, 0.25) is 0 Å². The summed E-state index contributed by atoms with van der Waals surface area (Å²) in [5.41, 5.74) is 0. The normalized spacial score (nSPS) is 22.7. The van der Waals surface area contributed by atoms with Crippen molar-refractivity contribution in [3.8, 4) is 0 Å². The zero-order valence-corrected chi connectivity index (χ0v) is 8.41. The average Bonchev–Trinajstić information content (AvgIpc) is 2.72. The summed E-state index contributed by atoms with van der Waals surface area (Å²) in [5, 5.41) is 3.06. The van der Waals surface area contributed by atoms with Crippen molar-refractivity contribution in [2.45, 2.75) is 38.1 Å². The van der Waals surface area contributed by atoms with Gasteiger partial charge in [-0.2, -0.15) is 0 Å². The van der Waals surface area contributed by atoms with E-state index >= 15 is 0 Å². The number of carbonyl (C=O) groups is 1. The van der Waals surface area contributed by atoms with Crippen molar-refractivity contribution in [2.24, 2.45) is 4.99 Å². The number of carbonyl (C=O) groups excluding carboxylic acids is 1. The van der Waals surface area contributed by atoms with Gasteiger partial charge < -0.3 is 5.32 Å². The van der Waals surface area contributed by atoms with E-state index in [1.54, 1.807) is 11.2 Å². The first-order chi connectivity index (χ1) is 6.86. The van der Waals surface area contributed by atoms with Crippen LogP contribution in [0.15, 0.2) is 4.99 Å². The lowest BCUT2D eigenvalue weighted by molar-refractivity contribution is 0.216. The van der Waals surface area contributed by atoms with E-state index in [4.69, 9.17) is 0 Å². The molecule has 4 heteroatoms. The highest BCUT2D eigenvalue weighted by Crippen LogP contribution is 2.17. The maximum Gasteiger partial charge on any atom is 0.322 e. The summed E-state index contributed by atoms with van der Waals surface area (Å²) >= 11 is 0. The fourth-order valence-corrected chi connectivity index (χ4v) is 2.04. The molecule has 2 rings (SSSR count). The minimum absolute atomic E-state index is 0.0261. The highest BCUT2D eigenvalue weighted by molar-refractivity contribution is 5.87. The van der Waals surface area contributed by atoms with Crippen molar-refractivity contribution >= 4 is 12.4 Å². The van der Waals surface area contributed by atoms with Crippen molar-refractivity contribution in [3.05, 3.63) is 0 Å². The van der Waals surface area contributed by atoms with Crippen LogP contribution in [-0.4, -0.2) is 36.4 Å². The van der Waals surface area contributed by atoms with Crippen LogP contribution < -0.4 is 5.32 Å². The fourth-order valence-electron chi connectivity index (χ4n) is 2.04. The third-order valence-electron chi connectivity index (χ3n) is 2.88. The highest BCUT2D eigenvalue weighted by Gasteiger charge is 2.19. The molecule has 1 saturated carbocycles. The smallest absolute Gasteiger partial charge is 0.322 e. The summed E-state index contributed by atoms with van der Waals surface area (Å²) < 4.78 is 0. The Labute approximate surface area is 84.4 Å². The summed E-state index contributed by atoms with van der Waals surface area (Å²) in [4.78, 5) is 17.3. The van der Waals surface area contributed by atoms with Crippen molar-refractivity contribution in [1.82, 2.24) is 10.2 Å². The standard InChI is InChI=1S/C10H17N3O/c14-10(13-7-6-11-8-13)12-9-4-2-1-3-5-9/h8-9H,1-7H2,(H,12,14). The van der Waals surface area contributed by atoms with Crippen molar-refractivity contribution < 1.29 is 4.79 Å². The Bertz CT molecular complexity index is 234. The monoisotopic (exact) mass is 195 g/mol. The molecule has 0 aromatic heterocycles. The van der Waals surface area contributed by atoms with Crippen molar-refractivity contribution in [1.29, 1.82) is 0 Å². The van der Waals surface area contributed by atoms with Gasteiger partial charge in [0.2, 0.25) is 0 Å². The minimum atomic E-state index is 0.0261. The maximum absolute atomic E-state index is 11.6. The minimum Gasteiger partial charge on any atom is -0.335 e. The van der Waals surface area contributed by atoms with Gasteiger partial charge in [0.15, 0.2) is 0 Å². The fraction of sp³-hybridized carbons (Fsp3) is 0.800. The molecular weight excluding hydrogens is 178 g/mol. The molecule has 0 unspecified atom stereocenters. The van der Waals surface area contributed by atoms with Crippen LogP contribution in [-0.2, 0) is 0 Å². The van der Waals surface area contributed by atoms with Crippen LogP contribution in [0, 0.1) is 0 Å². The van der Waals surface area contributed by atoms with Crippen molar-refractivity contribution in [2.75, 3.05) is 13.1 Å². The van der Waals surface area contributed by atoms with Gasteiger partial charge in [0.1, 0.15) is 0 Å². The van der Waals surface area contributed by atoms with Crippen LogP contribution in [0.4, 0.5) is 4.79 Å². The van der Waals surface area contributed by atoms with E-state index in [-0.39, 0.29) is 6.03 Å². The molecule has 78 valence electrons. The Morgan fingerprint density at radius 2 is 2.14 bits per heavy atom. The van der Waals surface area contributed by atoms with Gasteiger partial charge in [0, 0.05) is 12.6 Å². The Morgan fingerprint density at radius 3 is 2.79 bits per heavy atom. The molecule has 1 N–H and O–H groups in total. The van der Waals surface area contributed by atoms with E-state index in [1.807, 2.05) is 0 Å². The second-order valence-electron chi connectivity index (χ2n) is 4.00. The van der Waals surface area contributed by atoms with E-state index in [0.29, 0.717) is 6.04 Å². The summed E-state index contributed by atoms with van der Waals surface area (Å²) in [7, 11) is 0. The SMILES string of the molecule is O=C(NC1CCCCC1)N1C=NCC1. The summed E-state index contributed by atoms with van der Waals surface area (Å²) in [5.74, 6) is 0. The molecule has 0 radical (unpaired) electrons. The molecule has 0 saturated heterocycles. The molecule has 0 spiro atoms. The molecule has 4 nitrogen and oxygen atoms in total. The first-order valence-corrected chi connectivity index (χ1v) is 5.43. The largest absolute Gasteiger partial charge is 0.335 e. The number of rotatable bonds is 1. The van der Waals surface area contributed by atoms with Crippen LogP contribution in [0.5, 0.6) is 0 Å². The van der Waals surface area contributed by atoms with Gasteiger partial charge in [-0.05, 0) is 12.8 Å². The predicted molar refractivity (Wildman–Crippen MR) is 55.5 cm³/mol. The van der Waals surface area contributed by atoms with Gasteiger partial charge in [0.05, 0.1) is 12.9 Å². The first kappa shape index (κ1) is 9.49.